The molecule has 0 radical (unpaired) electrons. The predicted molar refractivity (Wildman–Crippen MR) is 79.0 cm³/mol. The normalized spacial score (nSPS) is 18.0. The van der Waals surface area contributed by atoms with Crippen molar-refractivity contribution >= 4 is 5.95 Å². The van der Waals surface area contributed by atoms with Crippen molar-refractivity contribution < 1.29 is 9.13 Å². The number of hydrogen-bond donors (Lipinski definition) is 0. The van der Waals surface area contributed by atoms with Crippen LogP contribution in [0.4, 0.5) is 10.3 Å². The lowest BCUT2D eigenvalue weighted by Gasteiger charge is -2.16. The maximum Gasteiger partial charge on any atom is 0.225 e. The summed E-state index contributed by atoms with van der Waals surface area (Å²) in [6, 6.07) is 8.20. The van der Waals surface area contributed by atoms with Crippen LogP contribution >= 0.6 is 0 Å². The van der Waals surface area contributed by atoms with Crippen molar-refractivity contribution in [1.29, 1.82) is 0 Å². The molecular weight excluding hydrogens is 269 g/mol. The Morgan fingerprint density at radius 2 is 1.95 bits per heavy atom. The molecule has 1 aromatic carbocycles. The van der Waals surface area contributed by atoms with Crippen molar-refractivity contribution in [3.8, 4) is 5.75 Å². The summed E-state index contributed by atoms with van der Waals surface area (Å²) >= 11 is 0. The molecule has 1 aliphatic heterocycles. The molecule has 2 heterocycles. The quantitative estimate of drug-likeness (QED) is 0.866. The van der Waals surface area contributed by atoms with Gasteiger partial charge in [0.1, 0.15) is 5.75 Å². The molecule has 0 aliphatic carbocycles. The summed E-state index contributed by atoms with van der Waals surface area (Å²) in [5.41, 5.74) is 1.31. The minimum Gasteiger partial charge on any atom is -0.497 e. The van der Waals surface area contributed by atoms with E-state index in [0.29, 0.717) is 11.9 Å². The third-order valence-corrected chi connectivity index (χ3v) is 3.86. The largest absolute Gasteiger partial charge is 0.497 e. The highest BCUT2D eigenvalue weighted by Crippen LogP contribution is 2.24. The summed E-state index contributed by atoms with van der Waals surface area (Å²) in [5, 5.41) is 0. The van der Waals surface area contributed by atoms with Gasteiger partial charge in [-0.3, -0.25) is 0 Å². The van der Waals surface area contributed by atoms with Gasteiger partial charge in [-0.15, -0.1) is 0 Å². The van der Waals surface area contributed by atoms with Gasteiger partial charge in [0, 0.05) is 13.1 Å². The van der Waals surface area contributed by atoms with Crippen LogP contribution < -0.4 is 9.64 Å². The van der Waals surface area contributed by atoms with Gasteiger partial charge < -0.3 is 9.64 Å². The Bertz CT molecular complexity index is 585. The first-order chi connectivity index (χ1) is 10.2. The van der Waals surface area contributed by atoms with Gasteiger partial charge in [-0.1, -0.05) is 12.1 Å². The van der Waals surface area contributed by atoms with E-state index < -0.39 is 5.82 Å². The van der Waals surface area contributed by atoms with E-state index in [1.165, 1.54) is 18.0 Å². The van der Waals surface area contributed by atoms with Crippen LogP contribution in [-0.4, -0.2) is 30.2 Å². The smallest absolute Gasteiger partial charge is 0.225 e. The molecule has 1 fully saturated rings. The summed E-state index contributed by atoms with van der Waals surface area (Å²) in [7, 11) is 1.67. The fourth-order valence-corrected chi connectivity index (χ4v) is 2.74. The monoisotopic (exact) mass is 287 g/mol. The van der Waals surface area contributed by atoms with Crippen molar-refractivity contribution in [2.75, 3.05) is 25.1 Å². The SMILES string of the molecule is COc1ccc(CC2CCN(c3ncc(F)cn3)C2)cc1. The van der Waals surface area contributed by atoms with Crippen molar-refractivity contribution in [3.63, 3.8) is 0 Å². The number of rotatable bonds is 4. The lowest BCUT2D eigenvalue weighted by molar-refractivity contribution is 0.414. The fraction of sp³-hybridized carbons (Fsp3) is 0.375. The van der Waals surface area contributed by atoms with Gasteiger partial charge in [-0.05, 0) is 36.5 Å². The van der Waals surface area contributed by atoms with E-state index >= 15 is 0 Å². The Morgan fingerprint density at radius 3 is 2.62 bits per heavy atom. The Balaban J connectivity index is 1.60. The Hall–Kier alpha value is -2.17. The van der Waals surface area contributed by atoms with Crippen molar-refractivity contribution in [2.45, 2.75) is 12.8 Å². The molecule has 5 heteroatoms. The van der Waals surface area contributed by atoms with Crippen molar-refractivity contribution in [1.82, 2.24) is 9.97 Å². The topological polar surface area (TPSA) is 38.2 Å². The average Bonchev–Trinajstić information content (AvgIpc) is 2.97. The third-order valence-electron chi connectivity index (χ3n) is 3.86. The van der Waals surface area contributed by atoms with Gasteiger partial charge in [0.05, 0.1) is 19.5 Å². The molecule has 1 saturated heterocycles. The van der Waals surface area contributed by atoms with Crippen molar-refractivity contribution in [2.24, 2.45) is 5.92 Å². The highest BCUT2D eigenvalue weighted by atomic mass is 19.1. The van der Waals surface area contributed by atoms with Crippen molar-refractivity contribution in [3.05, 3.63) is 48.0 Å². The number of benzene rings is 1. The zero-order valence-corrected chi connectivity index (χ0v) is 12.0. The number of nitrogens with zero attached hydrogens (tertiary/aromatic N) is 3. The molecule has 1 aliphatic rings. The number of ether oxygens (including phenoxy) is 1. The number of methoxy groups -OCH3 is 1. The minimum absolute atomic E-state index is 0.396. The van der Waals surface area contributed by atoms with Gasteiger partial charge in [0.2, 0.25) is 5.95 Å². The maximum atomic E-state index is 12.8. The second-order valence-corrected chi connectivity index (χ2v) is 5.35. The molecule has 4 nitrogen and oxygen atoms in total. The molecule has 110 valence electrons. The summed E-state index contributed by atoms with van der Waals surface area (Å²) in [4.78, 5) is 10.2. The van der Waals surface area contributed by atoms with Gasteiger partial charge >= 0.3 is 0 Å². The molecular formula is C16H18FN3O. The van der Waals surface area contributed by atoms with Crippen LogP contribution in [0.25, 0.3) is 0 Å². The van der Waals surface area contributed by atoms with Gasteiger partial charge in [-0.2, -0.15) is 0 Å². The molecule has 0 N–H and O–H groups in total. The summed E-state index contributed by atoms with van der Waals surface area (Å²) in [6.45, 7) is 1.84. The van der Waals surface area contributed by atoms with E-state index in [1.807, 2.05) is 12.1 Å². The van der Waals surface area contributed by atoms with Crippen LogP contribution in [0.2, 0.25) is 0 Å². The second-order valence-electron chi connectivity index (χ2n) is 5.35. The van der Waals surface area contributed by atoms with E-state index in [9.17, 15) is 4.39 Å². The zero-order valence-electron chi connectivity index (χ0n) is 12.0. The number of hydrogen-bond acceptors (Lipinski definition) is 4. The Labute approximate surface area is 123 Å². The summed E-state index contributed by atoms with van der Waals surface area (Å²) in [5.74, 6) is 1.68. The predicted octanol–water partition coefficient (Wildman–Crippen LogP) is 2.69. The minimum atomic E-state index is -0.396. The molecule has 1 atom stereocenters. The summed E-state index contributed by atoms with van der Waals surface area (Å²) < 4.78 is 18.0. The van der Waals surface area contributed by atoms with Gasteiger partial charge in [0.15, 0.2) is 5.82 Å². The van der Waals surface area contributed by atoms with Crippen LogP contribution in [0.5, 0.6) is 5.75 Å². The van der Waals surface area contributed by atoms with Gasteiger partial charge in [0.25, 0.3) is 0 Å². The highest BCUT2D eigenvalue weighted by Gasteiger charge is 2.24. The lowest BCUT2D eigenvalue weighted by atomic mass is 9.99. The molecule has 21 heavy (non-hydrogen) atoms. The first-order valence-electron chi connectivity index (χ1n) is 7.10. The molecule has 0 spiro atoms. The zero-order chi connectivity index (χ0) is 14.7. The van der Waals surface area contributed by atoms with Crippen LogP contribution in [0.3, 0.4) is 0 Å². The molecule has 2 aromatic rings. The summed E-state index contributed by atoms with van der Waals surface area (Å²) in [6.07, 6.45) is 4.58. The molecule has 1 unspecified atom stereocenters. The van der Waals surface area contributed by atoms with Gasteiger partial charge in [-0.25, -0.2) is 14.4 Å². The van der Waals surface area contributed by atoms with E-state index in [-0.39, 0.29) is 0 Å². The molecule has 0 saturated carbocycles. The van der Waals surface area contributed by atoms with Crippen LogP contribution in [0.15, 0.2) is 36.7 Å². The highest BCUT2D eigenvalue weighted by molar-refractivity contribution is 5.32. The van der Waals surface area contributed by atoms with Crippen LogP contribution in [0.1, 0.15) is 12.0 Å². The van der Waals surface area contributed by atoms with Crippen LogP contribution in [0, 0.1) is 11.7 Å². The third kappa shape index (κ3) is 3.29. The van der Waals surface area contributed by atoms with E-state index in [1.54, 1.807) is 7.11 Å². The number of aromatic nitrogens is 2. The standard InChI is InChI=1S/C16H18FN3O/c1-21-15-4-2-12(3-5-15)8-13-6-7-20(11-13)16-18-9-14(17)10-19-16/h2-5,9-10,13H,6-8,11H2,1H3. The molecule has 1 aromatic heterocycles. The van der Waals surface area contributed by atoms with E-state index in [0.717, 1.165) is 31.7 Å². The fourth-order valence-electron chi connectivity index (χ4n) is 2.74. The average molecular weight is 287 g/mol. The molecule has 3 rings (SSSR count). The molecule has 0 bridgehead atoms. The Kier molecular flexibility index (Phi) is 3.99. The van der Waals surface area contributed by atoms with E-state index in [2.05, 4.69) is 27.0 Å². The number of halogens is 1. The molecule has 0 amide bonds. The van der Waals surface area contributed by atoms with Crippen LogP contribution in [-0.2, 0) is 6.42 Å². The first-order valence-corrected chi connectivity index (χ1v) is 7.10. The maximum absolute atomic E-state index is 12.8. The first kappa shape index (κ1) is 13.8. The lowest BCUT2D eigenvalue weighted by Crippen LogP contribution is -2.22. The Morgan fingerprint density at radius 1 is 1.24 bits per heavy atom. The number of anilines is 1. The second kappa shape index (κ2) is 6.08. The van der Waals surface area contributed by atoms with E-state index in [4.69, 9.17) is 4.74 Å².